The van der Waals surface area contributed by atoms with Crippen LogP contribution in [0.5, 0.6) is 0 Å². The van der Waals surface area contributed by atoms with E-state index in [1.165, 1.54) is 6.42 Å². The summed E-state index contributed by atoms with van der Waals surface area (Å²) in [7, 11) is 1.73. The van der Waals surface area contributed by atoms with Gasteiger partial charge in [0.2, 0.25) is 0 Å². The Balaban J connectivity index is 2.03. The van der Waals surface area contributed by atoms with E-state index in [9.17, 15) is 0 Å². The lowest BCUT2D eigenvalue weighted by Gasteiger charge is -2.46. The van der Waals surface area contributed by atoms with Gasteiger partial charge in [-0.15, -0.1) is 0 Å². The Morgan fingerprint density at radius 1 is 1.20 bits per heavy atom. The molecule has 3 nitrogen and oxygen atoms in total. The quantitative estimate of drug-likeness (QED) is 0.625. The minimum atomic E-state index is 0.501. The van der Waals surface area contributed by atoms with Crippen LogP contribution in [0.1, 0.15) is 26.7 Å². The van der Waals surface area contributed by atoms with Gasteiger partial charge in [-0.1, -0.05) is 13.8 Å². The highest BCUT2D eigenvalue weighted by Gasteiger charge is 2.39. The Hall–Kier alpha value is -0.120. The van der Waals surface area contributed by atoms with Gasteiger partial charge in [0.15, 0.2) is 0 Å². The average Bonchev–Trinajstić information content (AvgIpc) is 2.13. The van der Waals surface area contributed by atoms with Gasteiger partial charge in [0.25, 0.3) is 0 Å². The number of hydrogen-bond donors (Lipinski definition) is 1. The zero-order valence-electron chi connectivity index (χ0n) is 10.3. The van der Waals surface area contributed by atoms with Crippen LogP contribution in [0.15, 0.2) is 0 Å². The smallest absolute Gasteiger partial charge is 0.0487 e. The Labute approximate surface area is 93.5 Å². The van der Waals surface area contributed by atoms with Crippen molar-refractivity contribution in [2.24, 2.45) is 11.3 Å². The molecule has 1 heterocycles. The number of nitrogens with one attached hydrogen (secondary N) is 1. The zero-order valence-corrected chi connectivity index (χ0v) is 10.3. The highest BCUT2D eigenvalue weighted by molar-refractivity contribution is 4.94. The Kier molecular flexibility index (Phi) is 5.58. The summed E-state index contributed by atoms with van der Waals surface area (Å²) in [4.78, 5) is 0. The van der Waals surface area contributed by atoms with Crippen LogP contribution in [0.3, 0.4) is 0 Å². The largest absolute Gasteiger partial charge is 0.385 e. The van der Waals surface area contributed by atoms with Gasteiger partial charge < -0.3 is 14.8 Å². The molecule has 1 aliphatic rings. The minimum Gasteiger partial charge on any atom is -0.385 e. The van der Waals surface area contributed by atoms with E-state index >= 15 is 0 Å². The second kappa shape index (κ2) is 6.46. The van der Waals surface area contributed by atoms with Gasteiger partial charge in [-0.05, 0) is 24.2 Å². The van der Waals surface area contributed by atoms with Gasteiger partial charge >= 0.3 is 0 Å². The van der Waals surface area contributed by atoms with Crippen molar-refractivity contribution in [1.29, 1.82) is 0 Å². The number of ether oxygens (including phenoxy) is 2. The highest BCUT2D eigenvalue weighted by Crippen LogP contribution is 2.35. The summed E-state index contributed by atoms with van der Waals surface area (Å²) in [5.74, 6) is 0.751. The molecule has 1 saturated heterocycles. The molecule has 1 rings (SSSR count). The van der Waals surface area contributed by atoms with Crippen molar-refractivity contribution in [3.8, 4) is 0 Å². The monoisotopic (exact) mass is 215 g/mol. The van der Waals surface area contributed by atoms with Crippen LogP contribution in [0.2, 0.25) is 0 Å². The maximum atomic E-state index is 5.61. The molecule has 1 aliphatic heterocycles. The van der Waals surface area contributed by atoms with Crippen molar-refractivity contribution < 1.29 is 9.47 Å². The van der Waals surface area contributed by atoms with E-state index in [-0.39, 0.29) is 0 Å². The highest BCUT2D eigenvalue weighted by atomic mass is 16.5. The van der Waals surface area contributed by atoms with Crippen molar-refractivity contribution in [3.05, 3.63) is 0 Å². The van der Waals surface area contributed by atoms with E-state index in [4.69, 9.17) is 9.47 Å². The van der Waals surface area contributed by atoms with E-state index < -0.39 is 0 Å². The van der Waals surface area contributed by atoms with Crippen molar-refractivity contribution in [3.63, 3.8) is 0 Å². The first kappa shape index (κ1) is 12.9. The summed E-state index contributed by atoms with van der Waals surface area (Å²) in [6.07, 6.45) is 2.19. The minimum absolute atomic E-state index is 0.501. The van der Waals surface area contributed by atoms with Crippen LogP contribution in [0.4, 0.5) is 0 Å². The summed E-state index contributed by atoms with van der Waals surface area (Å²) >= 11 is 0. The molecule has 3 heteroatoms. The molecule has 1 N–H and O–H groups in total. The van der Waals surface area contributed by atoms with Gasteiger partial charge in [0.05, 0.1) is 0 Å². The van der Waals surface area contributed by atoms with Crippen LogP contribution in [-0.2, 0) is 9.47 Å². The number of methoxy groups -OCH3 is 1. The predicted octanol–water partition coefficient (Wildman–Crippen LogP) is 1.68. The molecule has 0 amide bonds. The SMILES string of the molecule is COCCCOCCC1(C(C)C)CNC1. The fraction of sp³-hybridized carbons (Fsp3) is 1.00. The van der Waals surface area contributed by atoms with Gasteiger partial charge in [-0.3, -0.25) is 0 Å². The summed E-state index contributed by atoms with van der Waals surface area (Å²) in [5.41, 5.74) is 0.501. The molecule has 0 unspecified atom stereocenters. The molecular formula is C12H25NO2. The Morgan fingerprint density at radius 2 is 1.93 bits per heavy atom. The van der Waals surface area contributed by atoms with Crippen LogP contribution in [-0.4, -0.2) is 40.0 Å². The van der Waals surface area contributed by atoms with Crippen molar-refractivity contribution in [2.75, 3.05) is 40.0 Å². The van der Waals surface area contributed by atoms with E-state index in [0.717, 1.165) is 45.2 Å². The Morgan fingerprint density at radius 3 is 2.40 bits per heavy atom. The normalized spacial score (nSPS) is 19.2. The first-order chi connectivity index (χ1) is 7.21. The third kappa shape index (κ3) is 3.74. The predicted molar refractivity (Wildman–Crippen MR) is 62.1 cm³/mol. The van der Waals surface area contributed by atoms with Crippen LogP contribution >= 0.6 is 0 Å². The van der Waals surface area contributed by atoms with Gasteiger partial charge in [-0.25, -0.2) is 0 Å². The molecule has 0 aromatic rings. The molecule has 15 heavy (non-hydrogen) atoms. The molecule has 0 radical (unpaired) electrons. The fourth-order valence-corrected chi connectivity index (χ4v) is 2.00. The summed E-state index contributed by atoms with van der Waals surface area (Å²) in [6.45, 7) is 9.46. The lowest BCUT2D eigenvalue weighted by atomic mass is 9.70. The van der Waals surface area contributed by atoms with Crippen molar-refractivity contribution >= 4 is 0 Å². The zero-order chi connectivity index (χ0) is 11.1. The lowest BCUT2D eigenvalue weighted by molar-refractivity contribution is 0.0285. The number of hydrogen-bond acceptors (Lipinski definition) is 3. The summed E-state index contributed by atoms with van der Waals surface area (Å²) in [6, 6.07) is 0. The second-order valence-electron chi connectivity index (χ2n) is 4.83. The molecule has 0 atom stereocenters. The van der Waals surface area contributed by atoms with Gasteiger partial charge in [-0.2, -0.15) is 0 Å². The van der Waals surface area contributed by atoms with Crippen LogP contribution < -0.4 is 5.32 Å². The maximum Gasteiger partial charge on any atom is 0.0487 e. The van der Waals surface area contributed by atoms with E-state index in [0.29, 0.717) is 5.41 Å². The molecule has 1 fully saturated rings. The first-order valence-electron chi connectivity index (χ1n) is 5.99. The maximum absolute atomic E-state index is 5.61. The average molecular weight is 215 g/mol. The van der Waals surface area contributed by atoms with Crippen molar-refractivity contribution in [1.82, 2.24) is 5.32 Å². The fourth-order valence-electron chi connectivity index (χ4n) is 2.00. The van der Waals surface area contributed by atoms with Crippen LogP contribution in [0.25, 0.3) is 0 Å². The molecule has 0 bridgehead atoms. The molecular weight excluding hydrogens is 190 g/mol. The summed E-state index contributed by atoms with van der Waals surface area (Å²) < 4.78 is 10.6. The molecule has 0 aromatic heterocycles. The Bertz CT molecular complexity index is 167. The molecule has 90 valence electrons. The van der Waals surface area contributed by atoms with E-state index in [2.05, 4.69) is 19.2 Å². The lowest BCUT2D eigenvalue weighted by Crippen LogP contribution is -2.56. The summed E-state index contributed by atoms with van der Waals surface area (Å²) in [5, 5.41) is 3.37. The van der Waals surface area contributed by atoms with Crippen LogP contribution in [0, 0.1) is 11.3 Å². The number of rotatable bonds is 8. The van der Waals surface area contributed by atoms with E-state index in [1.807, 2.05) is 0 Å². The van der Waals surface area contributed by atoms with Gasteiger partial charge in [0.1, 0.15) is 0 Å². The molecule has 0 aromatic carbocycles. The molecule has 0 saturated carbocycles. The van der Waals surface area contributed by atoms with E-state index in [1.54, 1.807) is 7.11 Å². The topological polar surface area (TPSA) is 30.5 Å². The third-order valence-corrected chi connectivity index (χ3v) is 3.56. The second-order valence-corrected chi connectivity index (χ2v) is 4.83. The van der Waals surface area contributed by atoms with Gasteiger partial charge in [0, 0.05) is 40.0 Å². The molecule has 0 spiro atoms. The standard InChI is InChI=1S/C12H25NO2/c1-11(2)12(9-13-10-12)5-8-15-7-4-6-14-3/h11,13H,4-10H2,1-3H3. The van der Waals surface area contributed by atoms with Crippen molar-refractivity contribution in [2.45, 2.75) is 26.7 Å². The first-order valence-corrected chi connectivity index (χ1v) is 5.99. The third-order valence-electron chi connectivity index (χ3n) is 3.56. The molecule has 0 aliphatic carbocycles.